The fourth-order valence-electron chi connectivity index (χ4n) is 4.01. The molecule has 0 radical (unpaired) electrons. The van der Waals surface area contributed by atoms with Gasteiger partial charge in [0.2, 0.25) is 5.91 Å². The summed E-state index contributed by atoms with van der Waals surface area (Å²) in [6.07, 6.45) is 0. The minimum atomic E-state index is -3.01. The van der Waals surface area contributed by atoms with Crippen molar-refractivity contribution in [3.63, 3.8) is 0 Å². The van der Waals surface area contributed by atoms with Gasteiger partial charge in [-0.2, -0.15) is 0 Å². The number of para-hydroxylation sites is 2. The smallest absolute Gasteiger partial charge is 0.242 e. The molecule has 0 aliphatic carbocycles. The monoisotopic (exact) mass is 426 g/mol. The van der Waals surface area contributed by atoms with Crippen LogP contribution in [0.5, 0.6) is 0 Å². The number of amides is 1. The molecule has 0 bridgehead atoms. The van der Waals surface area contributed by atoms with Crippen molar-refractivity contribution >= 4 is 26.8 Å². The Morgan fingerprint density at radius 3 is 2.47 bits per heavy atom. The van der Waals surface area contributed by atoms with E-state index in [1.807, 2.05) is 66.4 Å². The zero-order valence-electron chi connectivity index (χ0n) is 17.0. The Hall–Kier alpha value is -2.71. The van der Waals surface area contributed by atoms with Crippen LogP contribution in [0.1, 0.15) is 17.4 Å². The van der Waals surface area contributed by atoms with Gasteiger partial charge in [0.25, 0.3) is 0 Å². The van der Waals surface area contributed by atoms with Gasteiger partial charge in [0.05, 0.1) is 22.5 Å². The summed E-state index contributed by atoms with van der Waals surface area (Å²) in [5.41, 5.74) is 2.86. The minimum absolute atomic E-state index is 0.0871. The van der Waals surface area contributed by atoms with Crippen molar-refractivity contribution in [3.05, 3.63) is 66.0 Å². The number of sulfone groups is 1. The molecule has 1 atom stereocenters. The normalized spacial score (nSPS) is 17.6. The molecule has 3 aromatic rings. The first kappa shape index (κ1) is 20.6. The Labute approximate surface area is 176 Å². The van der Waals surface area contributed by atoms with Gasteiger partial charge in [0, 0.05) is 26.2 Å². The van der Waals surface area contributed by atoms with E-state index in [9.17, 15) is 13.2 Å². The maximum Gasteiger partial charge on any atom is 0.242 e. The number of nitrogens with zero attached hydrogens (tertiary/aromatic N) is 3. The number of rotatable bonds is 6. The Kier molecular flexibility index (Phi) is 5.87. The van der Waals surface area contributed by atoms with Crippen LogP contribution in [0.15, 0.2) is 54.6 Å². The summed E-state index contributed by atoms with van der Waals surface area (Å²) < 4.78 is 25.8. The lowest BCUT2D eigenvalue weighted by Gasteiger charge is -2.33. The number of carbonyl (C=O) groups is 1. The van der Waals surface area contributed by atoms with Crippen LogP contribution in [-0.4, -0.2) is 59.9 Å². The molecular formula is C22H26N4O3S. The van der Waals surface area contributed by atoms with Crippen molar-refractivity contribution in [2.24, 2.45) is 0 Å². The summed E-state index contributed by atoms with van der Waals surface area (Å²) in [5, 5.41) is 3.05. The van der Waals surface area contributed by atoms with Crippen molar-refractivity contribution in [2.45, 2.75) is 19.5 Å². The van der Waals surface area contributed by atoms with Crippen molar-refractivity contribution in [1.29, 1.82) is 0 Å². The van der Waals surface area contributed by atoms with E-state index in [1.165, 1.54) is 0 Å². The number of aromatic nitrogens is 2. The Balaban J connectivity index is 1.47. The van der Waals surface area contributed by atoms with Crippen LogP contribution in [0.2, 0.25) is 0 Å². The maximum absolute atomic E-state index is 13.2. The fraction of sp³-hybridized carbons (Fsp3) is 0.364. The number of benzene rings is 2. The maximum atomic E-state index is 13.2. The Bertz CT molecular complexity index is 1130. The summed E-state index contributed by atoms with van der Waals surface area (Å²) in [6, 6.07) is 17.0. The first-order valence-corrected chi connectivity index (χ1v) is 12.0. The fourth-order valence-corrected chi connectivity index (χ4v) is 5.24. The first-order chi connectivity index (χ1) is 14.4. The predicted octanol–water partition coefficient (Wildman–Crippen LogP) is 1.93. The van der Waals surface area contributed by atoms with Crippen molar-refractivity contribution < 1.29 is 13.2 Å². The van der Waals surface area contributed by atoms with Gasteiger partial charge in [-0.15, -0.1) is 0 Å². The van der Waals surface area contributed by atoms with Crippen molar-refractivity contribution in [3.8, 4) is 0 Å². The summed E-state index contributed by atoms with van der Waals surface area (Å²) in [6.45, 7) is 3.77. The van der Waals surface area contributed by atoms with Crippen LogP contribution in [0, 0.1) is 6.92 Å². The molecule has 2 aromatic carbocycles. The molecule has 0 spiro atoms. The topological polar surface area (TPSA) is 84.3 Å². The van der Waals surface area contributed by atoms with Gasteiger partial charge >= 0.3 is 0 Å². The Morgan fingerprint density at radius 2 is 1.73 bits per heavy atom. The van der Waals surface area contributed by atoms with Crippen LogP contribution >= 0.6 is 0 Å². The minimum Gasteiger partial charge on any atom is -0.353 e. The molecule has 158 valence electrons. The molecule has 1 aromatic heterocycles. The standard InChI is InChI=1S/C22H26N4O3S/c1-17-24-19-9-5-6-10-20(19)26(17)12-11-23-22(27)21(18-7-3-2-4-8-18)25-13-15-30(28,29)16-14-25/h2-10,21H,11-16H2,1H3,(H,23,27). The number of hydrogen-bond donors (Lipinski definition) is 1. The lowest BCUT2D eigenvalue weighted by molar-refractivity contribution is -0.126. The summed E-state index contributed by atoms with van der Waals surface area (Å²) in [4.78, 5) is 19.7. The lowest BCUT2D eigenvalue weighted by atomic mass is 10.0. The van der Waals surface area contributed by atoms with Crippen LogP contribution in [0.3, 0.4) is 0 Å². The summed E-state index contributed by atoms with van der Waals surface area (Å²) >= 11 is 0. The zero-order chi connectivity index (χ0) is 21.1. The highest BCUT2D eigenvalue weighted by Gasteiger charge is 2.32. The van der Waals surface area contributed by atoms with Gasteiger partial charge in [-0.25, -0.2) is 13.4 Å². The molecule has 1 saturated heterocycles. The van der Waals surface area contributed by atoms with Gasteiger partial charge in [-0.3, -0.25) is 9.69 Å². The van der Waals surface area contributed by atoms with E-state index in [4.69, 9.17) is 0 Å². The van der Waals surface area contributed by atoms with E-state index >= 15 is 0 Å². The van der Waals surface area contributed by atoms with Crippen molar-refractivity contribution in [2.75, 3.05) is 31.1 Å². The molecule has 0 saturated carbocycles. The predicted molar refractivity (Wildman–Crippen MR) is 117 cm³/mol. The van der Waals surface area contributed by atoms with Crippen LogP contribution in [0.25, 0.3) is 11.0 Å². The SMILES string of the molecule is Cc1nc2ccccc2n1CCNC(=O)C(c1ccccc1)N1CCS(=O)(=O)CC1. The van der Waals surface area contributed by atoms with E-state index in [2.05, 4.69) is 14.9 Å². The van der Waals surface area contributed by atoms with E-state index in [-0.39, 0.29) is 17.4 Å². The molecule has 1 aliphatic heterocycles. The first-order valence-electron chi connectivity index (χ1n) is 10.1. The molecular weight excluding hydrogens is 400 g/mol. The number of fused-ring (bicyclic) bond motifs is 1. The second-order valence-corrected chi connectivity index (χ2v) is 9.90. The average molecular weight is 427 g/mol. The van der Waals surface area contributed by atoms with Crippen molar-refractivity contribution in [1.82, 2.24) is 19.8 Å². The third-order valence-corrected chi connectivity index (χ3v) is 7.20. The molecule has 4 rings (SSSR count). The second-order valence-electron chi connectivity index (χ2n) is 7.59. The van der Waals surface area contributed by atoms with Gasteiger partial charge in [0.15, 0.2) is 9.84 Å². The number of imidazole rings is 1. The number of carbonyl (C=O) groups excluding carboxylic acids is 1. The van der Waals surface area contributed by atoms with Crippen LogP contribution < -0.4 is 5.32 Å². The molecule has 1 aliphatic rings. The molecule has 7 nitrogen and oxygen atoms in total. The molecule has 1 fully saturated rings. The molecule has 1 amide bonds. The van der Waals surface area contributed by atoms with E-state index < -0.39 is 15.9 Å². The third kappa shape index (κ3) is 4.39. The Morgan fingerprint density at radius 1 is 1.07 bits per heavy atom. The molecule has 1 N–H and O–H groups in total. The van der Waals surface area contributed by atoms with Crippen LogP contribution in [-0.2, 0) is 21.2 Å². The van der Waals surface area contributed by atoms with Gasteiger partial charge in [-0.05, 0) is 24.6 Å². The highest BCUT2D eigenvalue weighted by atomic mass is 32.2. The summed E-state index contributed by atoms with van der Waals surface area (Å²) in [5.74, 6) is 0.974. The third-order valence-electron chi connectivity index (χ3n) is 5.59. The van der Waals surface area contributed by atoms with Crippen LogP contribution in [0.4, 0.5) is 0 Å². The quantitative estimate of drug-likeness (QED) is 0.651. The molecule has 8 heteroatoms. The van der Waals surface area contributed by atoms with E-state index in [0.717, 1.165) is 22.4 Å². The zero-order valence-corrected chi connectivity index (χ0v) is 17.8. The average Bonchev–Trinajstić information content (AvgIpc) is 3.05. The van der Waals surface area contributed by atoms with E-state index in [1.54, 1.807) is 0 Å². The van der Waals surface area contributed by atoms with Gasteiger partial charge in [0.1, 0.15) is 11.9 Å². The van der Waals surface area contributed by atoms with Gasteiger partial charge < -0.3 is 9.88 Å². The summed E-state index contributed by atoms with van der Waals surface area (Å²) in [7, 11) is -3.01. The highest BCUT2D eigenvalue weighted by Crippen LogP contribution is 2.23. The van der Waals surface area contributed by atoms with Gasteiger partial charge in [-0.1, -0.05) is 42.5 Å². The van der Waals surface area contributed by atoms with E-state index in [0.29, 0.717) is 26.2 Å². The number of hydrogen-bond acceptors (Lipinski definition) is 5. The highest BCUT2D eigenvalue weighted by molar-refractivity contribution is 7.91. The number of nitrogens with one attached hydrogen (secondary N) is 1. The largest absolute Gasteiger partial charge is 0.353 e. The molecule has 2 heterocycles. The lowest BCUT2D eigenvalue weighted by Crippen LogP contribution is -2.48. The molecule has 30 heavy (non-hydrogen) atoms. The second kappa shape index (κ2) is 8.57. The number of aryl methyl sites for hydroxylation is 1. The molecule has 1 unspecified atom stereocenters.